The molecule has 0 bridgehead atoms. The Morgan fingerprint density at radius 2 is 1.92 bits per heavy atom. The van der Waals surface area contributed by atoms with E-state index in [0.717, 1.165) is 16.9 Å². The largest absolute Gasteiger partial charge is 0.492 e. The predicted octanol–water partition coefficient (Wildman–Crippen LogP) is 2.36. The fourth-order valence-electron chi connectivity index (χ4n) is 2.76. The summed E-state index contributed by atoms with van der Waals surface area (Å²) in [7, 11) is -3.89. The number of rotatable bonds is 3. The summed E-state index contributed by atoms with van der Waals surface area (Å²) in [5, 5.41) is 0. The molecule has 0 radical (unpaired) electrons. The van der Waals surface area contributed by atoms with Crippen LogP contribution in [0.3, 0.4) is 0 Å². The van der Waals surface area contributed by atoms with Gasteiger partial charge in [0.15, 0.2) is 0 Å². The van der Waals surface area contributed by atoms with E-state index in [2.05, 4.69) is 4.72 Å². The van der Waals surface area contributed by atoms with Gasteiger partial charge in [-0.05, 0) is 49.1 Å². The molecule has 1 amide bonds. The molecule has 0 aliphatic carbocycles. The summed E-state index contributed by atoms with van der Waals surface area (Å²) in [6.45, 7) is 3.69. The highest BCUT2D eigenvalue weighted by Gasteiger charge is 2.29. The highest BCUT2D eigenvalue weighted by molar-refractivity contribution is 7.90. The Balaban J connectivity index is 1.79. The molecule has 24 heavy (non-hydrogen) atoms. The van der Waals surface area contributed by atoms with Crippen molar-refractivity contribution in [3.63, 3.8) is 0 Å². The van der Waals surface area contributed by atoms with Crippen LogP contribution >= 0.6 is 0 Å². The first-order valence-electron chi connectivity index (χ1n) is 7.71. The number of sulfonamides is 1. The zero-order valence-corrected chi connectivity index (χ0v) is 14.4. The second-order valence-corrected chi connectivity index (χ2v) is 7.71. The molecule has 1 aliphatic heterocycles. The molecule has 6 heteroatoms. The number of aryl methyl sites for hydroxylation is 2. The lowest BCUT2D eigenvalue weighted by Gasteiger charge is -2.24. The third-order valence-corrected chi connectivity index (χ3v) is 5.61. The molecule has 1 atom stereocenters. The fourth-order valence-corrected chi connectivity index (χ4v) is 4.14. The Morgan fingerprint density at radius 1 is 1.17 bits per heavy atom. The van der Waals surface area contributed by atoms with Crippen molar-refractivity contribution in [1.82, 2.24) is 4.72 Å². The molecule has 3 rings (SSSR count). The summed E-state index contributed by atoms with van der Waals surface area (Å²) in [6, 6.07) is 12.6. The molecule has 0 saturated carbocycles. The number of hydrogen-bond donors (Lipinski definition) is 1. The number of hydrogen-bond acceptors (Lipinski definition) is 4. The molecule has 1 N–H and O–H groups in total. The third kappa shape index (κ3) is 3.28. The molecule has 0 unspecified atom stereocenters. The Bertz CT molecular complexity index is 890. The van der Waals surface area contributed by atoms with Crippen LogP contribution in [0.15, 0.2) is 47.4 Å². The minimum Gasteiger partial charge on any atom is -0.492 e. The normalized spacial score (nSPS) is 16.8. The van der Waals surface area contributed by atoms with Crippen LogP contribution in [0.25, 0.3) is 0 Å². The molecule has 0 spiro atoms. The number of fused-ring (bicyclic) bond motifs is 1. The van der Waals surface area contributed by atoms with Crippen LogP contribution < -0.4 is 9.46 Å². The second-order valence-electron chi connectivity index (χ2n) is 6.06. The average molecular weight is 345 g/mol. The standard InChI is InChI=1S/C18H19NO4S/c1-12-7-8-13(2)17(9-12)24(21,22)19-18(20)15-10-14-5-3-4-6-16(14)23-11-15/h3-9,15H,10-11H2,1-2H3,(H,19,20)/t15-/m0/s1. The first-order chi connectivity index (χ1) is 11.4. The molecule has 1 aliphatic rings. The number of para-hydroxylation sites is 1. The zero-order valence-electron chi connectivity index (χ0n) is 13.6. The van der Waals surface area contributed by atoms with E-state index in [1.54, 1.807) is 19.1 Å². The number of carbonyl (C=O) groups is 1. The molecule has 2 aromatic rings. The van der Waals surface area contributed by atoms with Crippen molar-refractivity contribution in [1.29, 1.82) is 0 Å². The SMILES string of the molecule is Cc1ccc(C)c(S(=O)(=O)NC(=O)[C@@H]2COc3ccccc3C2)c1. The summed E-state index contributed by atoms with van der Waals surface area (Å²) in [6.07, 6.45) is 0.463. The maximum atomic E-state index is 12.5. The number of nitrogens with one attached hydrogen (secondary N) is 1. The molecule has 5 nitrogen and oxygen atoms in total. The van der Waals surface area contributed by atoms with Gasteiger partial charge < -0.3 is 4.74 Å². The van der Waals surface area contributed by atoms with Gasteiger partial charge in [-0.3, -0.25) is 4.79 Å². The first kappa shape index (κ1) is 16.5. The van der Waals surface area contributed by atoms with Gasteiger partial charge in [0.25, 0.3) is 10.0 Å². The van der Waals surface area contributed by atoms with E-state index < -0.39 is 21.8 Å². The van der Waals surface area contributed by atoms with Crippen LogP contribution in [0, 0.1) is 19.8 Å². The third-order valence-electron chi connectivity index (χ3n) is 4.12. The molecule has 2 aromatic carbocycles. The van der Waals surface area contributed by atoms with Crippen LogP contribution in [0.5, 0.6) is 5.75 Å². The number of amides is 1. The van der Waals surface area contributed by atoms with Crippen LogP contribution in [-0.4, -0.2) is 20.9 Å². The monoisotopic (exact) mass is 345 g/mol. The molecule has 126 valence electrons. The highest BCUT2D eigenvalue weighted by atomic mass is 32.2. The smallest absolute Gasteiger partial charge is 0.264 e. The lowest BCUT2D eigenvalue weighted by atomic mass is 9.96. The van der Waals surface area contributed by atoms with Crippen LogP contribution in [-0.2, 0) is 21.2 Å². The van der Waals surface area contributed by atoms with Gasteiger partial charge in [-0.25, -0.2) is 13.1 Å². The molecule has 0 aromatic heterocycles. The van der Waals surface area contributed by atoms with Crippen LogP contribution in [0.1, 0.15) is 16.7 Å². The summed E-state index contributed by atoms with van der Waals surface area (Å²) in [5.41, 5.74) is 2.34. The topological polar surface area (TPSA) is 72.5 Å². The summed E-state index contributed by atoms with van der Waals surface area (Å²) in [5.74, 6) is -0.316. The minimum absolute atomic E-state index is 0.132. The maximum Gasteiger partial charge on any atom is 0.264 e. The van der Waals surface area contributed by atoms with E-state index in [1.807, 2.05) is 37.3 Å². The van der Waals surface area contributed by atoms with Crippen molar-refractivity contribution in [3.05, 3.63) is 59.2 Å². The summed E-state index contributed by atoms with van der Waals surface area (Å²) in [4.78, 5) is 12.6. The van der Waals surface area contributed by atoms with E-state index in [1.165, 1.54) is 0 Å². The van der Waals surface area contributed by atoms with E-state index in [0.29, 0.717) is 12.0 Å². The first-order valence-corrected chi connectivity index (χ1v) is 9.20. The number of benzene rings is 2. The predicted molar refractivity (Wildman–Crippen MR) is 90.4 cm³/mol. The van der Waals surface area contributed by atoms with Crippen molar-refractivity contribution in [2.75, 3.05) is 6.61 Å². The lowest BCUT2D eigenvalue weighted by Crippen LogP contribution is -2.40. The van der Waals surface area contributed by atoms with Crippen molar-refractivity contribution in [3.8, 4) is 5.75 Å². The van der Waals surface area contributed by atoms with E-state index in [9.17, 15) is 13.2 Å². The molecule has 1 heterocycles. The number of ether oxygens (including phenoxy) is 1. The maximum absolute atomic E-state index is 12.5. The molecular formula is C18H19NO4S. The Morgan fingerprint density at radius 3 is 2.71 bits per heavy atom. The fraction of sp³-hybridized carbons (Fsp3) is 0.278. The van der Waals surface area contributed by atoms with Crippen molar-refractivity contribution < 1.29 is 17.9 Å². The van der Waals surface area contributed by atoms with Gasteiger partial charge in [0.05, 0.1) is 10.8 Å². The zero-order chi connectivity index (χ0) is 17.3. The van der Waals surface area contributed by atoms with Gasteiger partial charge in [0.2, 0.25) is 5.91 Å². The van der Waals surface area contributed by atoms with Gasteiger partial charge in [0.1, 0.15) is 12.4 Å². The van der Waals surface area contributed by atoms with Crippen LogP contribution in [0.2, 0.25) is 0 Å². The van der Waals surface area contributed by atoms with Crippen molar-refractivity contribution in [2.45, 2.75) is 25.2 Å². The Labute approximate surface area is 141 Å². The van der Waals surface area contributed by atoms with Gasteiger partial charge >= 0.3 is 0 Å². The van der Waals surface area contributed by atoms with Gasteiger partial charge in [-0.15, -0.1) is 0 Å². The van der Waals surface area contributed by atoms with Gasteiger partial charge in [0, 0.05) is 0 Å². The van der Waals surface area contributed by atoms with Crippen LogP contribution in [0.4, 0.5) is 0 Å². The van der Waals surface area contributed by atoms with Crippen molar-refractivity contribution >= 4 is 15.9 Å². The quantitative estimate of drug-likeness (QED) is 0.927. The van der Waals surface area contributed by atoms with E-state index in [-0.39, 0.29) is 11.5 Å². The van der Waals surface area contributed by atoms with Crippen molar-refractivity contribution in [2.24, 2.45) is 5.92 Å². The average Bonchev–Trinajstić information content (AvgIpc) is 2.56. The lowest BCUT2D eigenvalue weighted by molar-refractivity contribution is -0.124. The Hall–Kier alpha value is -2.34. The highest BCUT2D eigenvalue weighted by Crippen LogP contribution is 2.27. The van der Waals surface area contributed by atoms with E-state index in [4.69, 9.17) is 4.74 Å². The minimum atomic E-state index is -3.89. The van der Waals surface area contributed by atoms with Gasteiger partial charge in [-0.1, -0.05) is 30.3 Å². The molecule has 0 saturated heterocycles. The van der Waals surface area contributed by atoms with E-state index >= 15 is 0 Å². The molecule has 0 fully saturated rings. The Kier molecular flexibility index (Phi) is 4.32. The summed E-state index contributed by atoms with van der Waals surface area (Å²) >= 11 is 0. The summed E-state index contributed by atoms with van der Waals surface area (Å²) < 4.78 is 32.8. The van der Waals surface area contributed by atoms with Gasteiger partial charge in [-0.2, -0.15) is 0 Å². The second kappa shape index (κ2) is 6.28. The molecular weight excluding hydrogens is 326 g/mol. The number of carbonyl (C=O) groups excluding carboxylic acids is 1.